The van der Waals surface area contributed by atoms with Crippen LogP contribution in [0.25, 0.3) is 10.9 Å². The maximum Gasteiger partial charge on any atom is 0.269 e. The van der Waals surface area contributed by atoms with Crippen LogP contribution < -0.4 is 10.2 Å². The number of fused-ring (bicyclic) bond motifs is 1. The summed E-state index contributed by atoms with van der Waals surface area (Å²) in [5.41, 5.74) is 5.22. The van der Waals surface area contributed by atoms with E-state index in [1.807, 2.05) is 18.3 Å². The molecule has 0 spiro atoms. The number of H-pyrrole nitrogens is 1. The molecule has 1 aliphatic rings. The molecule has 1 fully saturated rings. The minimum absolute atomic E-state index is 0.109. The first kappa shape index (κ1) is 16.6. The van der Waals surface area contributed by atoms with Crippen LogP contribution in [0.1, 0.15) is 34.5 Å². The van der Waals surface area contributed by atoms with Crippen LogP contribution in [0.3, 0.4) is 0 Å². The second-order valence-corrected chi connectivity index (χ2v) is 6.91. The van der Waals surface area contributed by atoms with Gasteiger partial charge in [-0.1, -0.05) is 18.2 Å². The number of rotatable bonds is 5. The molecule has 2 N–H and O–H groups in total. The number of aromatic nitrogens is 2. The quantitative estimate of drug-likeness (QED) is 0.742. The van der Waals surface area contributed by atoms with Crippen molar-refractivity contribution in [2.45, 2.75) is 26.2 Å². The van der Waals surface area contributed by atoms with Crippen molar-refractivity contribution >= 4 is 22.5 Å². The topological polar surface area (TPSA) is 61.0 Å². The van der Waals surface area contributed by atoms with Crippen LogP contribution in [-0.2, 0) is 6.42 Å². The predicted octanol–water partition coefficient (Wildman–Crippen LogP) is 3.44. The normalized spacial score (nSPS) is 14.1. The Labute approximate surface area is 153 Å². The molecule has 4 rings (SSSR count). The molecule has 3 heterocycles. The average Bonchev–Trinajstić information content (AvgIpc) is 3.33. The van der Waals surface area contributed by atoms with Crippen molar-refractivity contribution in [3.8, 4) is 0 Å². The van der Waals surface area contributed by atoms with E-state index in [4.69, 9.17) is 0 Å². The number of hydrogen-bond donors (Lipinski definition) is 2. The second kappa shape index (κ2) is 7.20. The lowest BCUT2D eigenvalue weighted by molar-refractivity contribution is 0.0949. The molecule has 26 heavy (non-hydrogen) atoms. The van der Waals surface area contributed by atoms with E-state index < -0.39 is 0 Å². The molecule has 134 valence electrons. The van der Waals surface area contributed by atoms with E-state index in [9.17, 15) is 4.79 Å². The smallest absolute Gasteiger partial charge is 0.269 e. The molecule has 5 heteroatoms. The molecule has 1 aromatic carbocycles. The minimum Gasteiger partial charge on any atom is -0.371 e. The molecule has 0 unspecified atom stereocenters. The summed E-state index contributed by atoms with van der Waals surface area (Å²) in [7, 11) is 0. The van der Waals surface area contributed by atoms with Gasteiger partial charge in [0.05, 0.1) is 0 Å². The van der Waals surface area contributed by atoms with E-state index in [1.54, 1.807) is 6.20 Å². The van der Waals surface area contributed by atoms with E-state index in [0.29, 0.717) is 12.2 Å². The van der Waals surface area contributed by atoms with Gasteiger partial charge in [-0.2, -0.15) is 0 Å². The van der Waals surface area contributed by atoms with Crippen LogP contribution in [0.15, 0.2) is 42.7 Å². The summed E-state index contributed by atoms with van der Waals surface area (Å²) in [6.07, 6.45) is 6.99. The highest BCUT2D eigenvalue weighted by Crippen LogP contribution is 2.22. The SMILES string of the molecule is Cc1cccc2c(CCNC(=O)c3cc(N4CCCC4)ccn3)c[nH]c12. The molecular formula is C21H24N4O. The summed E-state index contributed by atoms with van der Waals surface area (Å²) in [6.45, 7) is 4.81. The molecule has 0 bridgehead atoms. The van der Waals surface area contributed by atoms with Gasteiger partial charge in [0, 0.05) is 48.6 Å². The molecule has 1 aliphatic heterocycles. The maximum atomic E-state index is 12.5. The average molecular weight is 348 g/mol. The number of aryl methyl sites for hydroxylation is 1. The molecule has 0 saturated carbocycles. The predicted molar refractivity (Wildman–Crippen MR) is 105 cm³/mol. The van der Waals surface area contributed by atoms with Crippen molar-refractivity contribution in [1.82, 2.24) is 15.3 Å². The van der Waals surface area contributed by atoms with Crippen LogP contribution in [0, 0.1) is 6.92 Å². The Morgan fingerprint density at radius 2 is 2.12 bits per heavy atom. The van der Waals surface area contributed by atoms with Crippen molar-refractivity contribution in [3.05, 3.63) is 59.5 Å². The van der Waals surface area contributed by atoms with Gasteiger partial charge >= 0.3 is 0 Å². The first-order valence-electron chi connectivity index (χ1n) is 9.27. The minimum atomic E-state index is -0.109. The number of aromatic amines is 1. The highest BCUT2D eigenvalue weighted by molar-refractivity contribution is 5.93. The molecule has 2 aromatic heterocycles. The molecule has 0 radical (unpaired) electrons. The van der Waals surface area contributed by atoms with Crippen molar-refractivity contribution in [2.75, 3.05) is 24.5 Å². The summed E-state index contributed by atoms with van der Waals surface area (Å²) < 4.78 is 0. The number of benzene rings is 1. The van der Waals surface area contributed by atoms with Crippen LogP contribution >= 0.6 is 0 Å². The fraction of sp³-hybridized carbons (Fsp3) is 0.333. The number of carbonyl (C=O) groups is 1. The molecule has 5 nitrogen and oxygen atoms in total. The zero-order valence-corrected chi connectivity index (χ0v) is 15.1. The van der Waals surface area contributed by atoms with E-state index in [0.717, 1.165) is 25.2 Å². The number of carbonyl (C=O) groups excluding carboxylic acids is 1. The van der Waals surface area contributed by atoms with Gasteiger partial charge in [0.1, 0.15) is 5.69 Å². The lowest BCUT2D eigenvalue weighted by atomic mass is 10.1. The number of hydrogen-bond acceptors (Lipinski definition) is 3. The molecule has 3 aromatic rings. The second-order valence-electron chi connectivity index (χ2n) is 6.91. The Balaban J connectivity index is 1.39. The van der Waals surface area contributed by atoms with E-state index in [-0.39, 0.29) is 5.91 Å². The first-order chi connectivity index (χ1) is 12.7. The fourth-order valence-corrected chi connectivity index (χ4v) is 3.69. The third-order valence-electron chi connectivity index (χ3n) is 5.14. The Bertz CT molecular complexity index is 925. The Morgan fingerprint density at radius 3 is 2.96 bits per heavy atom. The maximum absolute atomic E-state index is 12.5. The summed E-state index contributed by atoms with van der Waals surface area (Å²) >= 11 is 0. The summed E-state index contributed by atoms with van der Waals surface area (Å²) in [5, 5.41) is 4.23. The highest BCUT2D eigenvalue weighted by Gasteiger charge is 2.15. The van der Waals surface area contributed by atoms with Crippen LogP contribution in [-0.4, -0.2) is 35.5 Å². The molecule has 1 saturated heterocycles. The number of para-hydroxylation sites is 1. The summed E-state index contributed by atoms with van der Waals surface area (Å²) in [6, 6.07) is 10.2. The van der Waals surface area contributed by atoms with Crippen molar-refractivity contribution in [2.24, 2.45) is 0 Å². The Kier molecular flexibility index (Phi) is 4.61. The van der Waals surface area contributed by atoms with Gasteiger partial charge in [-0.15, -0.1) is 0 Å². The van der Waals surface area contributed by atoms with E-state index in [1.165, 1.54) is 34.9 Å². The summed E-state index contributed by atoms with van der Waals surface area (Å²) in [4.78, 5) is 22.3. The fourth-order valence-electron chi connectivity index (χ4n) is 3.69. The number of amides is 1. The number of nitrogens with one attached hydrogen (secondary N) is 2. The van der Waals surface area contributed by atoms with Gasteiger partial charge in [0.25, 0.3) is 5.91 Å². The van der Waals surface area contributed by atoms with Gasteiger partial charge in [-0.05, 0) is 49.4 Å². The van der Waals surface area contributed by atoms with E-state index >= 15 is 0 Å². The molecule has 0 aliphatic carbocycles. The molecule has 0 atom stereocenters. The number of anilines is 1. The van der Waals surface area contributed by atoms with Gasteiger partial charge in [0.15, 0.2) is 0 Å². The number of nitrogens with zero attached hydrogens (tertiary/aromatic N) is 2. The summed E-state index contributed by atoms with van der Waals surface area (Å²) in [5.74, 6) is -0.109. The van der Waals surface area contributed by atoms with Crippen LogP contribution in [0.5, 0.6) is 0 Å². The van der Waals surface area contributed by atoms with Gasteiger partial charge < -0.3 is 15.2 Å². The van der Waals surface area contributed by atoms with Gasteiger partial charge in [-0.25, -0.2) is 0 Å². The lowest BCUT2D eigenvalue weighted by Gasteiger charge is -2.17. The molecular weight excluding hydrogens is 324 g/mol. The van der Waals surface area contributed by atoms with Crippen molar-refractivity contribution in [3.63, 3.8) is 0 Å². The zero-order valence-electron chi connectivity index (χ0n) is 15.1. The Morgan fingerprint density at radius 1 is 1.27 bits per heavy atom. The van der Waals surface area contributed by atoms with Gasteiger partial charge in [-0.3, -0.25) is 9.78 Å². The third kappa shape index (κ3) is 3.29. The first-order valence-corrected chi connectivity index (χ1v) is 9.27. The monoisotopic (exact) mass is 348 g/mol. The van der Waals surface area contributed by atoms with Crippen molar-refractivity contribution < 1.29 is 4.79 Å². The lowest BCUT2D eigenvalue weighted by Crippen LogP contribution is -2.27. The van der Waals surface area contributed by atoms with Crippen molar-refractivity contribution in [1.29, 1.82) is 0 Å². The standard InChI is InChI=1S/C21H24N4O/c1-15-5-4-6-18-16(14-24-20(15)18)7-9-23-21(26)19-13-17(8-10-22-19)25-11-2-3-12-25/h4-6,8,10,13-14,24H,2-3,7,9,11-12H2,1H3,(H,23,26). The number of pyridine rings is 1. The largest absolute Gasteiger partial charge is 0.371 e. The van der Waals surface area contributed by atoms with E-state index in [2.05, 4.69) is 45.3 Å². The zero-order chi connectivity index (χ0) is 17.9. The highest BCUT2D eigenvalue weighted by atomic mass is 16.1. The third-order valence-corrected chi connectivity index (χ3v) is 5.14. The van der Waals surface area contributed by atoms with Gasteiger partial charge in [0.2, 0.25) is 0 Å². The van der Waals surface area contributed by atoms with Crippen LogP contribution in [0.2, 0.25) is 0 Å². The molecule has 1 amide bonds. The van der Waals surface area contributed by atoms with Crippen LogP contribution in [0.4, 0.5) is 5.69 Å². The Hall–Kier alpha value is -2.82.